The van der Waals surface area contributed by atoms with Gasteiger partial charge in [0, 0.05) is 39.6 Å². The lowest BCUT2D eigenvalue weighted by atomic mass is 10.4. The van der Waals surface area contributed by atoms with Gasteiger partial charge in [-0.25, -0.2) is 4.79 Å². The topological polar surface area (TPSA) is 88.3 Å². The molecule has 0 saturated carbocycles. The smallest absolute Gasteiger partial charge is 0.459 e. The fourth-order valence-electron chi connectivity index (χ4n) is 1.78. The third-order valence-electron chi connectivity index (χ3n) is 3.56. The summed E-state index contributed by atoms with van der Waals surface area (Å²) in [6.45, 7) is 8.37. The Balaban J connectivity index is 0.000000271. The van der Waals surface area contributed by atoms with Crippen LogP contribution in [-0.4, -0.2) is 81.3 Å². The normalized spacial score (nSPS) is 21.1. The van der Waals surface area contributed by atoms with Crippen LogP contribution in [-0.2, 0) is 37.0 Å². The van der Waals surface area contributed by atoms with Gasteiger partial charge in [-0.05, 0) is 13.3 Å². The average Bonchev–Trinajstić information content (AvgIpc) is 3.51. The molecule has 0 spiro atoms. The van der Waals surface area contributed by atoms with Crippen LogP contribution < -0.4 is 0 Å². The number of epoxide rings is 2. The number of carbonyl (C=O) groups is 1. The monoisotopic (exact) mass is 378 g/mol. The first kappa shape index (κ1) is 22.2. The highest BCUT2D eigenvalue weighted by molar-refractivity contribution is 6.60. The van der Waals surface area contributed by atoms with Gasteiger partial charge in [0.25, 0.3) is 0 Å². The second-order valence-corrected chi connectivity index (χ2v) is 8.85. The van der Waals surface area contributed by atoms with Gasteiger partial charge in [-0.2, -0.15) is 0 Å². The summed E-state index contributed by atoms with van der Waals surface area (Å²) in [6.07, 6.45) is 1.36. The summed E-state index contributed by atoms with van der Waals surface area (Å²) in [6, 6.07) is 0.780. The van der Waals surface area contributed by atoms with E-state index >= 15 is 0 Å². The van der Waals surface area contributed by atoms with Gasteiger partial charge in [-0.15, -0.1) is 0 Å². The third-order valence-corrected chi connectivity index (χ3v) is 6.39. The molecule has 2 fully saturated rings. The van der Waals surface area contributed by atoms with Gasteiger partial charge in [-0.3, -0.25) is 0 Å². The highest BCUT2D eigenvalue weighted by Crippen LogP contribution is 2.15. The molecule has 2 aliphatic heterocycles. The number of rotatable bonds is 12. The lowest BCUT2D eigenvalue weighted by Crippen LogP contribution is -2.42. The zero-order valence-corrected chi connectivity index (χ0v) is 16.6. The first-order valence-electron chi connectivity index (χ1n) is 8.25. The summed E-state index contributed by atoms with van der Waals surface area (Å²) < 4.78 is 35.9. The maximum absolute atomic E-state index is 10.7. The molecule has 2 rings (SSSR count). The lowest BCUT2D eigenvalue weighted by Gasteiger charge is -2.24. The van der Waals surface area contributed by atoms with Crippen molar-refractivity contribution in [1.82, 2.24) is 0 Å². The minimum atomic E-state index is -2.39. The van der Waals surface area contributed by atoms with Crippen molar-refractivity contribution >= 4 is 14.8 Å². The van der Waals surface area contributed by atoms with Crippen molar-refractivity contribution in [3.63, 3.8) is 0 Å². The Morgan fingerprint density at radius 3 is 2.04 bits per heavy atom. The quantitative estimate of drug-likeness (QED) is 0.164. The summed E-state index contributed by atoms with van der Waals surface area (Å²) in [4.78, 5) is 10.7. The predicted molar refractivity (Wildman–Crippen MR) is 92.3 cm³/mol. The maximum atomic E-state index is 10.7. The van der Waals surface area contributed by atoms with E-state index in [0.29, 0.717) is 38.1 Å². The van der Waals surface area contributed by atoms with Gasteiger partial charge in [0.05, 0.1) is 19.8 Å². The van der Waals surface area contributed by atoms with Crippen molar-refractivity contribution in [2.24, 2.45) is 0 Å². The van der Waals surface area contributed by atoms with E-state index in [1.165, 1.54) is 0 Å². The van der Waals surface area contributed by atoms with Crippen LogP contribution in [0.3, 0.4) is 0 Å². The van der Waals surface area contributed by atoms with Crippen molar-refractivity contribution in [3.05, 3.63) is 12.2 Å². The van der Waals surface area contributed by atoms with Gasteiger partial charge in [0.1, 0.15) is 18.8 Å². The molecule has 0 radical (unpaired) electrons. The molecule has 0 aliphatic carbocycles. The number of hydrogen-bond acceptors (Lipinski definition) is 8. The molecule has 2 atom stereocenters. The van der Waals surface area contributed by atoms with E-state index in [-0.39, 0.29) is 12.1 Å². The highest BCUT2D eigenvalue weighted by atomic mass is 28.4. The van der Waals surface area contributed by atoms with Gasteiger partial charge in [0.15, 0.2) is 0 Å². The lowest BCUT2D eigenvalue weighted by molar-refractivity contribution is -0.139. The Bertz CT molecular complexity index is 397. The van der Waals surface area contributed by atoms with Crippen molar-refractivity contribution in [2.45, 2.75) is 31.6 Å². The summed E-state index contributed by atoms with van der Waals surface area (Å²) >= 11 is 0. The molecule has 25 heavy (non-hydrogen) atoms. The molecule has 0 aromatic heterocycles. The average molecular weight is 378 g/mol. The van der Waals surface area contributed by atoms with Crippen molar-refractivity contribution < 1.29 is 37.0 Å². The summed E-state index contributed by atoms with van der Waals surface area (Å²) in [5.41, 5.74) is 0.431. The Kier molecular flexibility index (Phi) is 10.4. The first-order chi connectivity index (χ1) is 12.0. The second kappa shape index (κ2) is 11.7. The van der Waals surface area contributed by atoms with Crippen molar-refractivity contribution in [2.75, 3.05) is 54.4 Å². The van der Waals surface area contributed by atoms with Crippen LogP contribution in [0.15, 0.2) is 12.2 Å². The van der Waals surface area contributed by atoms with Crippen LogP contribution in [0.1, 0.15) is 13.3 Å². The van der Waals surface area contributed by atoms with Gasteiger partial charge in [0.2, 0.25) is 0 Å². The Hall–Kier alpha value is -0.813. The van der Waals surface area contributed by atoms with Gasteiger partial charge in [-0.1, -0.05) is 6.58 Å². The number of hydrogen-bond donors (Lipinski definition) is 0. The Labute approximate surface area is 150 Å². The van der Waals surface area contributed by atoms with E-state index in [1.54, 1.807) is 28.3 Å². The highest BCUT2D eigenvalue weighted by Gasteiger charge is 2.36. The molecule has 2 heterocycles. The predicted octanol–water partition coefficient (Wildman–Crippen LogP) is 1.17. The first-order valence-corrected chi connectivity index (χ1v) is 10.2. The van der Waals surface area contributed by atoms with Crippen LogP contribution in [0, 0.1) is 0 Å². The third kappa shape index (κ3) is 10.0. The Morgan fingerprint density at radius 1 is 1.08 bits per heavy atom. The maximum Gasteiger partial charge on any atom is 0.500 e. The molecule has 0 N–H and O–H groups in total. The molecule has 0 bridgehead atoms. The van der Waals surface area contributed by atoms with Crippen LogP contribution in [0.25, 0.3) is 0 Å². The molecule has 146 valence electrons. The van der Waals surface area contributed by atoms with Crippen LogP contribution in [0.4, 0.5) is 0 Å². The fraction of sp³-hybridized carbons (Fsp3) is 0.812. The standard InChI is InChI=1S/C9H20O5Si.C7H10O3/c1-10-15(11-2,12-3)6-4-5-13-7-9-8-14-9;1-5(2)7(8)10-4-6-3-9-6/h9H,4-8H2,1-3H3;6H,1,3-4H2,2H3. The minimum Gasteiger partial charge on any atom is -0.459 e. The molecule has 0 amide bonds. The molecule has 0 aromatic rings. The van der Waals surface area contributed by atoms with E-state index in [0.717, 1.165) is 19.1 Å². The molecule has 9 heteroatoms. The van der Waals surface area contributed by atoms with E-state index in [9.17, 15) is 4.79 Å². The van der Waals surface area contributed by atoms with Crippen molar-refractivity contribution in [1.29, 1.82) is 0 Å². The van der Waals surface area contributed by atoms with E-state index in [2.05, 4.69) is 6.58 Å². The molecular formula is C16H30O8Si. The Morgan fingerprint density at radius 2 is 1.60 bits per heavy atom. The SMILES string of the molecule is C=C(C)C(=O)OCC1CO1.CO[Si](CCCOCC1CO1)(OC)OC. The minimum absolute atomic E-state index is 0.142. The molecule has 2 unspecified atom stereocenters. The van der Waals surface area contributed by atoms with E-state index in [1.807, 2.05) is 0 Å². The van der Waals surface area contributed by atoms with Crippen LogP contribution in [0.2, 0.25) is 6.04 Å². The van der Waals surface area contributed by atoms with E-state index in [4.69, 9.17) is 32.2 Å². The molecule has 0 aromatic carbocycles. The van der Waals surface area contributed by atoms with Crippen molar-refractivity contribution in [3.8, 4) is 0 Å². The van der Waals surface area contributed by atoms with Crippen LogP contribution in [0.5, 0.6) is 0 Å². The zero-order valence-electron chi connectivity index (χ0n) is 15.6. The largest absolute Gasteiger partial charge is 0.500 e. The fourth-order valence-corrected chi connectivity index (χ4v) is 3.47. The summed E-state index contributed by atoms with van der Waals surface area (Å²) in [5, 5.41) is 0. The number of carbonyl (C=O) groups excluding carboxylic acids is 1. The molecule has 2 saturated heterocycles. The summed E-state index contributed by atoms with van der Waals surface area (Å²) in [5.74, 6) is -0.337. The van der Waals surface area contributed by atoms with Gasteiger partial charge >= 0.3 is 14.8 Å². The second-order valence-electron chi connectivity index (χ2n) is 5.76. The summed E-state index contributed by atoms with van der Waals surface area (Å²) in [7, 11) is 2.48. The molecule has 8 nitrogen and oxygen atoms in total. The van der Waals surface area contributed by atoms with Crippen LogP contribution >= 0.6 is 0 Å². The molecule has 2 aliphatic rings. The van der Waals surface area contributed by atoms with E-state index < -0.39 is 8.80 Å². The molecular weight excluding hydrogens is 348 g/mol. The number of ether oxygens (including phenoxy) is 4. The van der Waals surface area contributed by atoms with Gasteiger partial charge < -0.3 is 32.2 Å². The number of esters is 1. The zero-order chi connectivity index (χ0) is 18.7.